The molecule has 0 aromatic carbocycles. The van der Waals surface area contributed by atoms with Gasteiger partial charge in [0.15, 0.2) is 0 Å². The Kier molecular flexibility index (Phi) is 6.54. The van der Waals surface area contributed by atoms with Gasteiger partial charge < -0.3 is 4.90 Å². The third kappa shape index (κ3) is 5.86. The highest BCUT2D eigenvalue weighted by Gasteiger charge is 2.16. The Hall–Kier alpha value is -1.38. The largest absolute Gasteiger partial charge is 0.339 e. The lowest BCUT2D eigenvalue weighted by Gasteiger charge is -2.24. The van der Waals surface area contributed by atoms with Crippen LogP contribution in [0.15, 0.2) is 24.5 Å². The van der Waals surface area contributed by atoms with E-state index >= 15 is 0 Å². The summed E-state index contributed by atoms with van der Waals surface area (Å²) in [6.07, 6.45) is 5.44. The zero-order valence-electron chi connectivity index (χ0n) is 12.6. The van der Waals surface area contributed by atoms with E-state index in [0.29, 0.717) is 17.4 Å². The summed E-state index contributed by atoms with van der Waals surface area (Å²) in [5.41, 5.74) is 0.690. The van der Waals surface area contributed by atoms with Gasteiger partial charge in [0.05, 0.1) is 5.56 Å². The van der Waals surface area contributed by atoms with Crippen molar-refractivity contribution < 1.29 is 4.79 Å². The minimum Gasteiger partial charge on any atom is -0.339 e. The summed E-state index contributed by atoms with van der Waals surface area (Å²) in [6, 6.07) is 3.66. The number of hydrogen-bond donors (Lipinski definition) is 0. The Morgan fingerprint density at radius 1 is 1.16 bits per heavy atom. The average Bonchev–Trinajstić information content (AvgIpc) is 2.38. The molecule has 106 valence electrons. The lowest BCUT2D eigenvalue weighted by atomic mass is 10.1. The van der Waals surface area contributed by atoms with Crippen molar-refractivity contribution in [2.75, 3.05) is 13.1 Å². The van der Waals surface area contributed by atoms with Gasteiger partial charge in [-0.15, -0.1) is 0 Å². The highest BCUT2D eigenvalue weighted by atomic mass is 16.2. The van der Waals surface area contributed by atoms with E-state index in [4.69, 9.17) is 0 Å². The molecule has 1 amide bonds. The number of carbonyl (C=O) groups excluding carboxylic acids is 1. The molecule has 0 unspecified atom stereocenters. The van der Waals surface area contributed by atoms with E-state index in [-0.39, 0.29) is 5.91 Å². The van der Waals surface area contributed by atoms with E-state index in [1.807, 2.05) is 17.0 Å². The zero-order chi connectivity index (χ0) is 14.3. The van der Waals surface area contributed by atoms with Crippen molar-refractivity contribution in [2.24, 2.45) is 11.8 Å². The average molecular weight is 262 g/mol. The SMILES string of the molecule is CC(C)CCN(CCC(C)C)C(=O)c1cccnc1. The van der Waals surface area contributed by atoms with Crippen LogP contribution >= 0.6 is 0 Å². The van der Waals surface area contributed by atoms with Crippen LogP contribution in [-0.4, -0.2) is 28.9 Å². The van der Waals surface area contributed by atoms with Crippen molar-refractivity contribution in [1.82, 2.24) is 9.88 Å². The van der Waals surface area contributed by atoms with Crippen molar-refractivity contribution in [3.63, 3.8) is 0 Å². The third-order valence-corrected chi connectivity index (χ3v) is 3.15. The number of hydrogen-bond acceptors (Lipinski definition) is 2. The first kappa shape index (κ1) is 15.7. The minimum absolute atomic E-state index is 0.106. The number of pyridine rings is 1. The van der Waals surface area contributed by atoms with E-state index in [1.54, 1.807) is 12.4 Å². The molecule has 0 radical (unpaired) electrons. The first-order valence-corrected chi connectivity index (χ1v) is 7.20. The van der Waals surface area contributed by atoms with Crippen molar-refractivity contribution in [3.8, 4) is 0 Å². The van der Waals surface area contributed by atoms with Crippen LogP contribution in [0.5, 0.6) is 0 Å². The molecule has 1 rings (SSSR count). The summed E-state index contributed by atoms with van der Waals surface area (Å²) in [7, 11) is 0. The zero-order valence-corrected chi connectivity index (χ0v) is 12.6. The molecule has 1 aromatic rings. The van der Waals surface area contributed by atoms with Crippen LogP contribution in [0.2, 0.25) is 0 Å². The Morgan fingerprint density at radius 2 is 1.74 bits per heavy atom. The summed E-state index contributed by atoms with van der Waals surface area (Å²) in [6.45, 7) is 10.4. The molecular weight excluding hydrogens is 236 g/mol. The molecule has 0 aliphatic rings. The second-order valence-corrected chi connectivity index (χ2v) is 5.90. The smallest absolute Gasteiger partial charge is 0.255 e. The summed E-state index contributed by atoms with van der Waals surface area (Å²) >= 11 is 0. The van der Waals surface area contributed by atoms with Gasteiger partial charge in [0.25, 0.3) is 5.91 Å². The maximum atomic E-state index is 12.5. The van der Waals surface area contributed by atoms with Crippen molar-refractivity contribution in [3.05, 3.63) is 30.1 Å². The predicted octanol–water partition coefficient (Wildman–Crippen LogP) is 3.62. The topological polar surface area (TPSA) is 33.2 Å². The van der Waals surface area contributed by atoms with Crippen LogP contribution < -0.4 is 0 Å². The van der Waals surface area contributed by atoms with Crippen LogP contribution in [0, 0.1) is 11.8 Å². The second-order valence-electron chi connectivity index (χ2n) is 5.90. The molecule has 0 bridgehead atoms. The monoisotopic (exact) mass is 262 g/mol. The Bertz CT molecular complexity index is 362. The molecule has 0 saturated carbocycles. The van der Waals surface area contributed by atoms with Crippen molar-refractivity contribution in [1.29, 1.82) is 0 Å². The Labute approximate surface area is 117 Å². The van der Waals surface area contributed by atoms with Crippen LogP contribution in [-0.2, 0) is 0 Å². The molecule has 3 nitrogen and oxygen atoms in total. The number of carbonyl (C=O) groups is 1. The van der Waals surface area contributed by atoms with Crippen LogP contribution in [0.25, 0.3) is 0 Å². The van der Waals surface area contributed by atoms with Gasteiger partial charge in [-0.25, -0.2) is 0 Å². The van der Waals surface area contributed by atoms with Gasteiger partial charge >= 0.3 is 0 Å². The lowest BCUT2D eigenvalue weighted by Crippen LogP contribution is -2.34. The third-order valence-electron chi connectivity index (χ3n) is 3.15. The van der Waals surface area contributed by atoms with Gasteiger partial charge in [0, 0.05) is 25.5 Å². The van der Waals surface area contributed by atoms with E-state index in [1.165, 1.54) is 0 Å². The normalized spacial score (nSPS) is 11.1. The number of rotatable bonds is 7. The molecule has 0 aliphatic heterocycles. The standard InChI is InChI=1S/C16H26N2O/c1-13(2)7-10-18(11-8-14(3)4)16(19)15-6-5-9-17-12-15/h5-6,9,12-14H,7-8,10-11H2,1-4H3. The molecule has 0 aliphatic carbocycles. The summed E-state index contributed by atoms with van der Waals surface area (Å²) in [4.78, 5) is 18.5. The molecular formula is C16H26N2O. The first-order chi connectivity index (χ1) is 9.00. The van der Waals surface area contributed by atoms with Gasteiger partial charge in [0.1, 0.15) is 0 Å². The fraction of sp³-hybridized carbons (Fsp3) is 0.625. The molecule has 0 fully saturated rings. The number of aromatic nitrogens is 1. The summed E-state index contributed by atoms with van der Waals surface area (Å²) in [5, 5.41) is 0. The highest BCUT2D eigenvalue weighted by Crippen LogP contribution is 2.10. The number of amides is 1. The minimum atomic E-state index is 0.106. The second kappa shape index (κ2) is 7.93. The first-order valence-electron chi connectivity index (χ1n) is 7.20. The lowest BCUT2D eigenvalue weighted by molar-refractivity contribution is 0.0740. The van der Waals surface area contributed by atoms with Crippen LogP contribution in [0.4, 0.5) is 0 Å². The molecule has 3 heteroatoms. The summed E-state index contributed by atoms with van der Waals surface area (Å²) in [5.74, 6) is 1.33. The quantitative estimate of drug-likeness (QED) is 0.752. The van der Waals surface area contributed by atoms with E-state index < -0.39 is 0 Å². The van der Waals surface area contributed by atoms with Gasteiger partial charge in [-0.2, -0.15) is 0 Å². The molecule has 19 heavy (non-hydrogen) atoms. The maximum Gasteiger partial charge on any atom is 0.255 e. The molecule has 0 N–H and O–H groups in total. The van der Waals surface area contributed by atoms with Crippen LogP contribution in [0.3, 0.4) is 0 Å². The van der Waals surface area contributed by atoms with Gasteiger partial charge in [0.2, 0.25) is 0 Å². The van der Waals surface area contributed by atoms with Crippen molar-refractivity contribution in [2.45, 2.75) is 40.5 Å². The van der Waals surface area contributed by atoms with Gasteiger partial charge in [-0.05, 0) is 36.8 Å². The van der Waals surface area contributed by atoms with E-state index in [2.05, 4.69) is 32.7 Å². The Morgan fingerprint density at radius 3 is 2.16 bits per heavy atom. The van der Waals surface area contributed by atoms with Gasteiger partial charge in [-0.3, -0.25) is 9.78 Å². The highest BCUT2D eigenvalue weighted by molar-refractivity contribution is 5.93. The van der Waals surface area contributed by atoms with Gasteiger partial charge in [-0.1, -0.05) is 27.7 Å². The fourth-order valence-corrected chi connectivity index (χ4v) is 1.81. The van der Waals surface area contributed by atoms with Crippen LogP contribution in [0.1, 0.15) is 50.9 Å². The predicted molar refractivity (Wildman–Crippen MR) is 79.1 cm³/mol. The molecule has 0 saturated heterocycles. The fourth-order valence-electron chi connectivity index (χ4n) is 1.81. The van der Waals surface area contributed by atoms with Crippen molar-refractivity contribution >= 4 is 5.91 Å². The molecule has 0 spiro atoms. The van der Waals surface area contributed by atoms with E-state index in [0.717, 1.165) is 25.9 Å². The number of nitrogens with zero attached hydrogens (tertiary/aromatic N) is 2. The molecule has 1 heterocycles. The summed E-state index contributed by atoms with van der Waals surface area (Å²) < 4.78 is 0. The van der Waals surface area contributed by atoms with E-state index in [9.17, 15) is 4.79 Å². The Balaban J connectivity index is 2.68. The molecule has 1 aromatic heterocycles. The maximum absolute atomic E-state index is 12.5. The molecule has 0 atom stereocenters.